The van der Waals surface area contributed by atoms with Crippen molar-refractivity contribution in [2.45, 2.75) is 70.1 Å². The number of amides is 1. The number of benzene rings is 1. The van der Waals surface area contributed by atoms with Crippen molar-refractivity contribution in [1.82, 2.24) is 14.6 Å². The summed E-state index contributed by atoms with van der Waals surface area (Å²) in [6, 6.07) is 7.91. The molecule has 0 saturated heterocycles. The number of carbonyl (C=O) groups is 1. The Morgan fingerprint density at radius 3 is 2.62 bits per heavy atom. The smallest absolute Gasteiger partial charge is 0.491 e. The Balaban J connectivity index is 1.76. The molecule has 1 saturated carbocycles. The molecule has 1 amide bonds. The van der Waals surface area contributed by atoms with Crippen molar-refractivity contribution < 1.29 is 31.1 Å². The molecule has 0 unspecified atom stereocenters. The SMILES string of the molecule is CC(=O)NCCOc1cccc2c1CN(S(=O)(=O)C(F)(F)F)C[C@H](CCC1CCCC1)N2Cc1cc(N)ccn1. The van der Waals surface area contributed by atoms with Crippen molar-refractivity contribution in [3.63, 3.8) is 0 Å². The highest BCUT2D eigenvalue weighted by atomic mass is 32.2. The van der Waals surface area contributed by atoms with E-state index in [2.05, 4.69) is 10.3 Å². The van der Waals surface area contributed by atoms with Crippen LogP contribution in [0.3, 0.4) is 0 Å². The van der Waals surface area contributed by atoms with Crippen LogP contribution in [0.4, 0.5) is 24.5 Å². The van der Waals surface area contributed by atoms with Crippen LogP contribution in [0, 0.1) is 5.92 Å². The largest absolute Gasteiger partial charge is 0.511 e. The fourth-order valence-corrected chi connectivity index (χ4v) is 6.51. The van der Waals surface area contributed by atoms with Gasteiger partial charge >= 0.3 is 15.5 Å². The number of nitrogens with one attached hydrogen (secondary N) is 1. The first-order chi connectivity index (χ1) is 19.0. The summed E-state index contributed by atoms with van der Waals surface area (Å²) in [6.07, 6.45) is 7.26. The van der Waals surface area contributed by atoms with Crippen LogP contribution in [0.15, 0.2) is 36.5 Å². The number of nitrogens with zero attached hydrogens (tertiary/aromatic N) is 3. The first-order valence-electron chi connectivity index (χ1n) is 13.5. The average Bonchev–Trinajstić information content (AvgIpc) is 3.35. The lowest BCUT2D eigenvalue weighted by atomic mass is 9.97. The molecule has 1 aliphatic heterocycles. The molecule has 1 aromatic carbocycles. The Kier molecular flexibility index (Phi) is 9.44. The summed E-state index contributed by atoms with van der Waals surface area (Å²) in [6.45, 7) is 0.991. The number of hydrogen-bond acceptors (Lipinski definition) is 7. The number of aromatic nitrogens is 1. The molecular formula is C27H36F3N5O4S. The standard InChI is InChI=1S/C27H36F3N5O4S/c1-19(36)32-13-14-39-26-8-4-7-25-24(26)18-34(40(37,38)27(28,29)30)17-23(10-9-20-5-2-3-6-20)35(25)16-22-15-21(31)11-12-33-22/h4,7-8,11-12,15,20,23H,2-3,5-6,9-10,13-14,16-18H2,1H3,(H2,31,33)(H,32,36)/t23-/m0/s1. The lowest BCUT2D eigenvalue weighted by Gasteiger charge is -2.35. The highest BCUT2D eigenvalue weighted by Crippen LogP contribution is 2.40. The van der Waals surface area contributed by atoms with Crippen molar-refractivity contribution >= 4 is 27.3 Å². The van der Waals surface area contributed by atoms with Gasteiger partial charge in [-0.05, 0) is 43.0 Å². The molecule has 1 fully saturated rings. The molecule has 4 rings (SSSR count). The minimum Gasteiger partial charge on any atom is -0.491 e. The van der Waals surface area contributed by atoms with Gasteiger partial charge < -0.3 is 20.7 Å². The quantitative estimate of drug-likeness (QED) is 0.403. The molecule has 3 N–H and O–H groups in total. The molecule has 1 atom stereocenters. The number of pyridine rings is 1. The number of rotatable bonds is 10. The normalized spacial score (nSPS) is 18.8. The maximum absolute atomic E-state index is 13.9. The second-order valence-electron chi connectivity index (χ2n) is 10.4. The molecular weight excluding hydrogens is 547 g/mol. The predicted octanol–water partition coefficient (Wildman–Crippen LogP) is 4.19. The monoisotopic (exact) mass is 583 g/mol. The van der Waals surface area contributed by atoms with Crippen molar-refractivity contribution in [1.29, 1.82) is 0 Å². The molecule has 1 aliphatic carbocycles. The van der Waals surface area contributed by atoms with Crippen LogP contribution in [-0.4, -0.2) is 54.9 Å². The fourth-order valence-electron chi connectivity index (χ4n) is 5.55. The zero-order valence-corrected chi connectivity index (χ0v) is 23.3. The van der Waals surface area contributed by atoms with Crippen molar-refractivity contribution in [2.75, 3.05) is 30.3 Å². The molecule has 0 spiro atoms. The Morgan fingerprint density at radius 1 is 1.20 bits per heavy atom. The van der Waals surface area contributed by atoms with E-state index < -0.39 is 28.1 Å². The summed E-state index contributed by atoms with van der Waals surface area (Å²) in [5, 5.41) is 2.61. The average molecular weight is 584 g/mol. The molecule has 40 heavy (non-hydrogen) atoms. The molecule has 9 nitrogen and oxygen atoms in total. The number of carbonyl (C=O) groups excluding carboxylic acids is 1. The van der Waals surface area contributed by atoms with E-state index in [4.69, 9.17) is 10.5 Å². The van der Waals surface area contributed by atoms with Crippen LogP contribution >= 0.6 is 0 Å². The summed E-state index contributed by atoms with van der Waals surface area (Å²) in [4.78, 5) is 17.6. The molecule has 0 bridgehead atoms. The molecule has 2 aromatic rings. The Morgan fingerprint density at radius 2 is 1.95 bits per heavy atom. The zero-order chi connectivity index (χ0) is 28.9. The van der Waals surface area contributed by atoms with Gasteiger partial charge in [-0.2, -0.15) is 17.5 Å². The van der Waals surface area contributed by atoms with Crippen LogP contribution in [0.5, 0.6) is 5.75 Å². The summed E-state index contributed by atoms with van der Waals surface area (Å²) >= 11 is 0. The number of halogens is 3. The number of nitrogens with two attached hydrogens (primary N) is 1. The van der Waals surface area contributed by atoms with Gasteiger partial charge in [-0.1, -0.05) is 31.7 Å². The van der Waals surface area contributed by atoms with Gasteiger partial charge in [0.15, 0.2) is 0 Å². The molecule has 2 heterocycles. The highest BCUT2D eigenvalue weighted by Gasteiger charge is 2.51. The predicted molar refractivity (Wildman–Crippen MR) is 146 cm³/mol. The van der Waals surface area contributed by atoms with Gasteiger partial charge in [0.2, 0.25) is 5.91 Å². The number of fused-ring (bicyclic) bond motifs is 1. The van der Waals surface area contributed by atoms with E-state index in [-0.39, 0.29) is 37.9 Å². The third kappa shape index (κ3) is 7.17. The van der Waals surface area contributed by atoms with Crippen LogP contribution in [0.25, 0.3) is 0 Å². The number of ether oxygens (including phenoxy) is 1. The molecule has 1 aromatic heterocycles. The summed E-state index contributed by atoms with van der Waals surface area (Å²) in [5.74, 6) is 0.474. The minimum atomic E-state index is -5.63. The maximum atomic E-state index is 13.9. The summed E-state index contributed by atoms with van der Waals surface area (Å²) in [5.41, 5.74) is 2.55. The van der Waals surface area contributed by atoms with E-state index in [1.54, 1.807) is 36.5 Å². The Bertz CT molecular complexity index is 1290. The summed E-state index contributed by atoms with van der Waals surface area (Å²) < 4.78 is 73.6. The molecule has 220 valence electrons. The number of sulfonamides is 1. The van der Waals surface area contributed by atoms with Gasteiger partial charge in [0.1, 0.15) is 12.4 Å². The van der Waals surface area contributed by atoms with Gasteiger partial charge in [0.25, 0.3) is 0 Å². The van der Waals surface area contributed by atoms with Crippen LogP contribution in [-0.2, 0) is 27.9 Å². The van der Waals surface area contributed by atoms with Crippen molar-refractivity contribution in [3.05, 3.63) is 47.8 Å². The topological polar surface area (TPSA) is 118 Å². The number of hydrogen-bond donors (Lipinski definition) is 2. The van der Waals surface area contributed by atoms with Gasteiger partial charge in [-0.15, -0.1) is 0 Å². The summed E-state index contributed by atoms with van der Waals surface area (Å²) in [7, 11) is -5.63. The van der Waals surface area contributed by atoms with E-state index in [0.717, 1.165) is 32.1 Å². The zero-order valence-electron chi connectivity index (χ0n) is 22.5. The van der Waals surface area contributed by atoms with Gasteiger partial charge in [-0.25, -0.2) is 8.42 Å². The molecule has 2 aliphatic rings. The minimum absolute atomic E-state index is 0.0595. The lowest BCUT2D eigenvalue weighted by molar-refractivity contribution is -0.119. The third-order valence-electron chi connectivity index (χ3n) is 7.53. The van der Waals surface area contributed by atoms with Crippen molar-refractivity contribution in [2.24, 2.45) is 5.92 Å². The van der Waals surface area contributed by atoms with Gasteiger partial charge in [0.05, 0.1) is 18.8 Å². The van der Waals surface area contributed by atoms with E-state index in [1.807, 2.05) is 4.90 Å². The fraction of sp³-hybridized carbons (Fsp3) is 0.556. The maximum Gasteiger partial charge on any atom is 0.511 e. The second-order valence-corrected chi connectivity index (χ2v) is 12.3. The first kappa shape index (κ1) is 29.9. The van der Waals surface area contributed by atoms with Gasteiger partial charge in [-0.3, -0.25) is 9.78 Å². The van der Waals surface area contributed by atoms with Crippen molar-refractivity contribution in [3.8, 4) is 5.75 Å². The lowest BCUT2D eigenvalue weighted by Crippen LogP contribution is -2.47. The van der Waals surface area contributed by atoms with Crippen LogP contribution in [0.2, 0.25) is 0 Å². The van der Waals surface area contributed by atoms with Crippen LogP contribution < -0.4 is 20.7 Å². The van der Waals surface area contributed by atoms with Crippen LogP contribution in [0.1, 0.15) is 56.7 Å². The third-order valence-corrected chi connectivity index (χ3v) is 9.07. The van der Waals surface area contributed by atoms with Gasteiger partial charge in [0, 0.05) is 49.2 Å². The molecule has 13 heteroatoms. The molecule has 0 radical (unpaired) electrons. The Hall–Kier alpha value is -3.06. The number of nitrogen functional groups attached to an aromatic ring is 1. The second kappa shape index (κ2) is 12.6. The van der Waals surface area contributed by atoms with E-state index in [9.17, 15) is 26.4 Å². The number of anilines is 2. The van der Waals surface area contributed by atoms with E-state index >= 15 is 0 Å². The number of alkyl halides is 3. The first-order valence-corrected chi connectivity index (χ1v) is 14.9. The van der Waals surface area contributed by atoms with E-state index in [0.29, 0.717) is 39.3 Å². The Labute approximate surface area is 232 Å². The van der Waals surface area contributed by atoms with E-state index in [1.165, 1.54) is 6.92 Å². The highest BCUT2D eigenvalue weighted by molar-refractivity contribution is 7.89.